The summed E-state index contributed by atoms with van der Waals surface area (Å²) in [4.78, 5) is 4.64. The van der Waals surface area contributed by atoms with Crippen molar-refractivity contribution in [3.63, 3.8) is 0 Å². The predicted octanol–water partition coefficient (Wildman–Crippen LogP) is 3.29. The van der Waals surface area contributed by atoms with E-state index in [0.29, 0.717) is 24.5 Å². The summed E-state index contributed by atoms with van der Waals surface area (Å²) < 4.78 is 7.48. The van der Waals surface area contributed by atoms with Crippen LogP contribution >= 0.6 is 11.6 Å². The van der Waals surface area contributed by atoms with Crippen molar-refractivity contribution < 1.29 is 4.74 Å². The number of alkyl halides is 1. The van der Waals surface area contributed by atoms with Crippen molar-refractivity contribution in [1.82, 2.24) is 9.55 Å². The number of nitrogens with zero attached hydrogens (tertiary/aromatic N) is 3. The molecule has 0 bridgehead atoms. The summed E-state index contributed by atoms with van der Waals surface area (Å²) in [7, 11) is 1.70. The number of methoxy groups -OCH3 is 1. The van der Waals surface area contributed by atoms with Crippen LogP contribution in [-0.4, -0.2) is 29.1 Å². The lowest BCUT2D eigenvalue weighted by atomic mass is 10.2. The molecule has 0 aliphatic carbocycles. The van der Waals surface area contributed by atoms with Gasteiger partial charge in [0.05, 0.1) is 35.3 Å². The highest BCUT2D eigenvalue weighted by atomic mass is 35.5. The number of aryl methyl sites for hydroxylation is 1. The van der Waals surface area contributed by atoms with Crippen LogP contribution in [0.5, 0.6) is 0 Å². The minimum atomic E-state index is 0.206. The van der Waals surface area contributed by atoms with Crippen LogP contribution in [-0.2, 0) is 11.2 Å². The highest BCUT2D eigenvalue weighted by Gasteiger charge is 2.18. The maximum absolute atomic E-state index is 9.07. The van der Waals surface area contributed by atoms with Crippen molar-refractivity contribution in [2.75, 3.05) is 19.6 Å². The molecule has 0 aliphatic heterocycles. The van der Waals surface area contributed by atoms with Crippen LogP contribution in [0.1, 0.15) is 30.8 Å². The third-order valence-electron chi connectivity index (χ3n) is 3.41. The Hall–Kier alpha value is -1.57. The van der Waals surface area contributed by atoms with Crippen molar-refractivity contribution >= 4 is 22.6 Å². The molecule has 2 aromatic rings. The Kier molecular flexibility index (Phi) is 4.99. The smallest absolute Gasteiger partial charge is 0.111 e. The molecule has 0 radical (unpaired) electrons. The molecular formula is C15H18ClN3O. The van der Waals surface area contributed by atoms with Crippen molar-refractivity contribution in [3.05, 3.63) is 29.6 Å². The summed E-state index contributed by atoms with van der Waals surface area (Å²) in [5.74, 6) is 1.48. The van der Waals surface area contributed by atoms with Crippen molar-refractivity contribution in [3.8, 4) is 6.07 Å². The predicted molar refractivity (Wildman–Crippen MR) is 80.1 cm³/mol. The van der Waals surface area contributed by atoms with Gasteiger partial charge in [-0.1, -0.05) is 6.92 Å². The van der Waals surface area contributed by atoms with Crippen LogP contribution in [0.25, 0.3) is 11.0 Å². The Morgan fingerprint density at radius 1 is 1.50 bits per heavy atom. The second kappa shape index (κ2) is 6.74. The van der Waals surface area contributed by atoms with Gasteiger partial charge >= 0.3 is 0 Å². The van der Waals surface area contributed by atoms with Crippen molar-refractivity contribution in [2.24, 2.45) is 0 Å². The number of benzene rings is 1. The topological polar surface area (TPSA) is 50.8 Å². The first-order valence-electron chi connectivity index (χ1n) is 6.71. The molecule has 1 aromatic carbocycles. The third kappa shape index (κ3) is 2.79. The van der Waals surface area contributed by atoms with Gasteiger partial charge < -0.3 is 9.30 Å². The molecule has 0 spiro atoms. The minimum Gasteiger partial charge on any atom is -0.383 e. The molecule has 1 heterocycles. The first-order chi connectivity index (χ1) is 9.74. The molecular weight excluding hydrogens is 274 g/mol. The van der Waals surface area contributed by atoms with Crippen LogP contribution in [0.3, 0.4) is 0 Å². The Morgan fingerprint density at radius 3 is 2.90 bits per heavy atom. The maximum Gasteiger partial charge on any atom is 0.111 e. The normalized spacial score (nSPS) is 12.5. The largest absolute Gasteiger partial charge is 0.383 e. The SMILES string of the molecule is CCC(COC)n1c(CCCl)nc2ccc(C#N)cc21. The fraction of sp³-hybridized carbons (Fsp3) is 0.467. The number of imidazole rings is 1. The van der Waals surface area contributed by atoms with Gasteiger partial charge in [-0.25, -0.2) is 4.98 Å². The molecule has 0 saturated heterocycles. The summed E-state index contributed by atoms with van der Waals surface area (Å²) in [6.45, 7) is 2.74. The zero-order chi connectivity index (χ0) is 14.5. The summed E-state index contributed by atoms with van der Waals surface area (Å²) in [6.07, 6.45) is 1.64. The highest BCUT2D eigenvalue weighted by Crippen LogP contribution is 2.25. The van der Waals surface area contributed by atoms with E-state index in [1.807, 2.05) is 12.1 Å². The fourth-order valence-corrected chi connectivity index (χ4v) is 2.62. The van der Waals surface area contributed by atoms with Crippen LogP contribution < -0.4 is 0 Å². The van der Waals surface area contributed by atoms with Crippen LogP contribution in [0.4, 0.5) is 0 Å². The number of ether oxygens (including phenoxy) is 1. The van der Waals surface area contributed by atoms with Gasteiger partial charge in [0.2, 0.25) is 0 Å². The van der Waals surface area contributed by atoms with E-state index >= 15 is 0 Å². The van der Waals surface area contributed by atoms with Gasteiger partial charge in [-0.2, -0.15) is 5.26 Å². The molecule has 2 rings (SSSR count). The summed E-state index contributed by atoms with van der Waals surface area (Å²) in [5, 5.41) is 9.07. The number of fused-ring (bicyclic) bond motifs is 1. The Balaban J connectivity index is 2.62. The lowest BCUT2D eigenvalue weighted by molar-refractivity contribution is 0.153. The molecule has 0 N–H and O–H groups in total. The molecule has 0 fully saturated rings. The molecule has 0 amide bonds. The zero-order valence-electron chi connectivity index (χ0n) is 11.8. The summed E-state index contributed by atoms with van der Waals surface area (Å²) in [6, 6.07) is 7.95. The van der Waals surface area contributed by atoms with Gasteiger partial charge in [-0.15, -0.1) is 11.6 Å². The molecule has 20 heavy (non-hydrogen) atoms. The van der Waals surface area contributed by atoms with Gasteiger partial charge in [0.15, 0.2) is 0 Å². The monoisotopic (exact) mass is 291 g/mol. The second-order valence-corrected chi connectivity index (χ2v) is 5.05. The number of hydrogen-bond donors (Lipinski definition) is 0. The van der Waals surface area contributed by atoms with E-state index < -0.39 is 0 Å². The number of aromatic nitrogens is 2. The van der Waals surface area contributed by atoms with E-state index in [2.05, 4.69) is 22.5 Å². The lowest BCUT2D eigenvalue weighted by Gasteiger charge is -2.19. The average molecular weight is 292 g/mol. The average Bonchev–Trinajstić information content (AvgIpc) is 2.82. The molecule has 1 aromatic heterocycles. The number of halogens is 1. The van der Waals surface area contributed by atoms with E-state index in [-0.39, 0.29) is 6.04 Å². The summed E-state index contributed by atoms with van der Waals surface area (Å²) >= 11 is 5.88. The second-order valence-electron chi connectivity index (χ2n) is 4.67. The van der Waals surface area contributed by atoms with Crippen LogP contribution in [0.15, 0.2) is 18.2 Å². The first-order valence-corrected chi connectivity index (χ1v) is 7.24. The Labute approximate surface area is 123 Å². The van der Waals surface area contributed by atoms with Crippen LogP contribution in [0, 0.1) is 11.3 Å². The minimum absolute atomic E-state index is 0.206. The zero-order valence-corrected chi connectivity index (χ0v) is 12.5. The van der Waals surface area contributed by atoms with Crippen molar-refractivity contribution in [2.45, 2.75) is 25.8 Å². The molecule has 0 saturated carbocycles. The Morgan fingerprint density at radius 2 is 2.30 bits per heavy atom. The molecule has 106 valence electrons. The van der Waals surface area contributed by atoms with Gasteiger partial charge in [0.25, 0.3) is 0 Å². The molecule has 1 atom stereocenters. The molecule has 5 heteroatoms. The van der Waals surface area contributed by atoms with E-state index in [0.717, 1.165) is 23.3 Å². The van der Waals surface area contributed by atoms with E-state index in [4.69, 9.17) is 21.6 Å². The number of rotatable bonds is 6. The first kappa shape index (κ1) is 14.8. The number of nitriles is 1. The highest BCUT2D eigenvalue weighted by molar-refractivity contribution is 6.17. The van der Waals surface area contributed by atoms with Crippen LogP contribution in [0.2, 0.25) is 0 Å². The quantitative estimate of drug-likeness (QED) is 0.767. The lowest BCUT2D eigenvalue weighted by Crippen LogP contribution is -2.17. The van der Waals surface area contributed by atoms with E-state index in [1.54, 1.807) is 13.2 Å². The van der Waals surface area contributed by atoms with Gasteiger partial charge in [-0.05, 0) is 24.6 Å². The van der Waals surface area contributed by atoms with E-state index in [9.17, 15) is 0 Å². The van der Waals surface area contributed by atoms with Gasteiger partial charge in [0, 0.05) is 19.4 Å². The van der Waals surface area contributed by atoms with E-state index in [1.165, 1.54) is 0 Å². The van der Waals surface area contributed by atoms with Gasteiger partial charge in [0.1, 0.15) is 5.82 Å². The fourth-order valence-electron chi connectivity index (χ4n) is 2.45. The Bertz CT molecular complexity index is 630. The summed E-state index contributed by atoms with van der Waals surface area (Å²) in [5.41, 5.74) is 2.52. The number of hydrogen-bond acceptors (Lipinski definition) is 3. The molecule has 1 unspecified atom stereocenters. The molecule has 0 aliphatic rings. The third-order valence-corrected chi connectivity index (χ3v) is 3.59. The van der Waals surface area contributed by atoms with Crippen molar-refractivity contribution in [1.29, 1.82) is 5.26 Å². The maximum atomic E-state index is 9.07. The molecule has 4 nitrogen and oxygen atoms in total. The van der Waals surface area contributed by atoms with Gasteiger partial charge in [-0.3, -0.25) is 0 Å². The standard InChI is InChI=1S/C15H18ClN3O/c1-3-12(10-20-2)19-14-8-11(9-17)4-5-13(14)18-15(19)6-7-16/h4-5,8,12H,3,6-7,10H2,1-2H3.